The van der Waals surface area contributed by atoms with Crippen molar-refractivity contribution in [1.82, 2.24) is 0 Å². The molecule has 28 heavy (non-hydrogen) atoms. The molecule has 0 unspecified atom stereocenters. The Hall–Kier alpha value is -3.06. The highest BCUT2D eigenvalue weighted by molar-refractivity contribution is 6.00. The third-order valence-corrected chi connectivity index (χ3v) is 3.91. The third kappa shape index (κ3) is 6.59. The first-order valence-corrected chi connectivity index (χ1v) is 9.14. The molecule has 0 saturated carbocycles. The smallest absolute Gasteiger partial charge is 0.185 e. The molecule has 0 aliphatic carbocycles. The van der Waals surface area contributed by atoms with Crippen molar-refractivity contribution in [2.24, 2.45) is 5.16 Å². The second-order valence-corrected chi connectivity index (χ2v) is 5.89. The van der Waals surface area contributed by atoms with Gasteiger partial charge in [-0.25, -0.2) is 4.74 Å². The molecule has 0 bridgehead atoms. The molecule has 0 radical (unpaired) electrons. The first-order valence-electron chi connectivity index (χ1n) is 9.14. The lowest BCUT2D eigenvalue weighted by Gasteiger charge is -2.12. The first kappa shape index (κ1) is 21.2. The average Bonchev–Trinajstić information content (AvgIpc) is 2.73. The van der Waals surface area contributed by atoms with E-state index >= 15 is 0 Å². The number of oxime groups is 1. The number of nitrogens with zero attached hydrogens (tertiary/aromatic N) is 2. The van der Waals surface area contributed by atoms with E-state index in [0.29, 0.717) is 50.2 Å². The molecule has 0 fully saturated rings. The van der Waals surface area contributed by atoms with Gasteiger partial charge in [0.25, 0.3) is 0 Å². The van der Waals surface area contributed by atoms with E-state index in [-0.39, 0.29) is 0 Å². The normalized spacial score (nSPS) is 12.1. The van der Waals surface area contributed by atoms with Crippen molar-refractivity contribution in [2.45, 2.75) is 13.8 Å². The molecule has 2 aromatic rings. The van der Waals surface area contributed by atoms with Crippen molar-refractivity contribution in [3.8, 4) is 11.5 Å². The lowest BCUT2D eigenvalue weighted by Crippen LogP contribution is -2.13. The SMILES string of the molecule is CC[N+]([O-])=Cc1ccccc1OCCOCCOc1ccccc1/C(C)=N\O. The van der Waals surface area contributed by atoms with Crippen molar-refractivity contribution in [3.63, 3.8) is 0 Å². The Morgan fingerprint density at radius 3 is 2.29 bits per heavy atom. The fourth-order valence-corrected chi connectivity index (χ4v) is 2.43. The molecule has 0 aliphatic rings. The van der Waals surface area contributed by atoms with E-state index < -0.39 is 0 Å². The Morgan fingerprint density at radius 1 is 1.00 bits per heavy atom. The molecule has 0 heterocycles. The summed E-state index contributed by atoms with van der Waals surface area (Å²) < 4.78 is 17.8. The molecule has 7 nitrogen and oxygen atoms in total. The van der Waals surface area contributed by atoms with Crippen molar-refractivity contribution < 1.29 is 24.2 Å². The molecule has 1 N–H and O–H groups in total. The van der Waals surface area contributed by atoms with Gasteiger partial charge in [-0.1, -0.05) is 29.4 Å². The summed E-state index contributed by atoms with van der Waals surface area (Å²) in [4.78, 5) is 0. The molecule has 150 valence electrons. The van der Waals surface area contributed by atoms with Gasteiger partial charge in [0, 0.05) is 5.56 Å². The topological polar surface area (TPSA) is 86.4 Å². The quantitative estimate of drug-likeness (QED) is 0.160. The van der Waals surface area contributed by atoms with Gasteiger partial charge in [-0.3, -0.25) is 0 Å². The number of hydrogen-bond acceptors (Lipinski definition) is 6. The summed E-state index contributed by atoms with van der Waals surface area (Å²) in [5.41, 5.74) is 1.96. The van der Waals surface area contributed by atoms with Crippen molar-refractivity contribution in [3.05, 3.63) is 64.9 Å². The van der Waals surface area contributed by atoms with E-state index in [1.54, 1.807) is 13.8 Å². The van der Waals surface area contributed by atoms with Crippen LogP contribution in [0.5, 0.6) is 11.5 Å². The molecule has 0 aromatic heterocycles. The van der Waals surface area contributed by atoms with E-state index in [1.807, 2.05) is 48.5 Å². The fourth-order valence-electron chi connectivity index (χ4n) is 2.43. The van der Waals surface area contributed by atoms with Crippen LogP contribution in [0.15, 0.2) is 53.7 Å². The van der Waals surface area contributed by atoms with E-state index in [0.717, 1.165) is 15.9 Å². The van der Waals surface area contributed by atoms with Crippen molar-refractivity contribution in [1.29, 1.82) is 0 Å². The number of para-hydroxylation sites is 2. The Bertz CT molecular complexity index is 805. The second-order valence-electron chi connectivity index (χ2n) is 5.89. The highest BCUT2D eigenvalue weighted by Crippen LogP contribution is 2.19. The third-order valence-electron chi connectivity index (χ3n) is 3.91. The Morgan fingerprint density at radius 2 is 1.61 bits per heavy atom. The second kappa shape index (κ2) is 11.6. The number of hydrogen-bond donors (Lipinski definition) is 1. The molecular formula is C21H26N2O5. The predicted molar refractivity (Wildman–Crippen MR) is 108 cm³/mol. The van der Waals surface area contributed by atoms with Crippen molar-refractivity contribution in [2.75, 3.05) is 33.0 Å². The molecule has 0 atom stereocenters. The molecule has 0 amide bonds. The van der Waals surface area contributed by atoms with Gasteiger partial charge in [0.05, 0.1) is 24.5 Å². The van der Waals surface area contributed by atoms with Crippen LogP contribution in [0.1, 0.15) is 25.0 Å². The minimum absolute atomic E-state index is 0.363. The molecular weight excluding hydrogens is 360 g/mol. The average molecular weight is 386 g/mol. The maximum Gasteiger partial charge on any atom is 0.185 e. The van der Waals surface area contributed by atoms with Gasteiger partial charge in [-0.05, 0) is 38.1 Å². The van der Waals surface area contributed by atoms with Gasteiger partial charge in [0.2, 0.25) is 0 Å². The monoisotopic (exact) mass is 386 g/mol. The van der Waals surface area contributed by atoms with E-state index in [9.17, 15) is 5.21 Å². The molecule has 0 saturated heterocycles. The Labute approximate surface area is 165 Å². The van der Waals surface area contributed by atoms with E-state index in [1.165, 1.54) is 6.21 Å². The summed E-state index contributed by atoms with van der Waals surface area (Å²) in [5.74, 6) is 1.28. The lowest BCUT2D eigenvalue weighted by molar-refractivity contribution is -0.447. The maximum absolute atomic E-state index is 11.5. The largest absolute Gasteiger partial charge is 0.624 e. The lowest BCUT2D eigenvalue weighted by atomic mass is 10.1. The summed E-state index contributed by atoms with van der Waals surface area (Å²) in [5, 5.41) is 23.7. The molecule has 0 spiro atoms. The summed E-state index contributed by atoms with van der Waals surface area (Å²) >= 11 is 0. The highest BCUT2D eigenvalue weighted by Gasteiger charge is 2.07. The summed E-state index contributed by atoms with van der Waals surface area (Å²) in [6, 6.07) is 14.7. The Balaban J connectivity index is 1.73. The zero-order valence-corrected chi connectivity index (χ0v) is 16.2. The van der Waals surface area contributed by atoms with Crippen LogP contribution >= 0.6 is 0 Å². The number of ether oxygens (including phenoxy) is 3. The van der Waals surface area contributed by atoms with Gasteiger partial charge in [0.1, 0.15) is 24.7 Å². The van der Waals surface area contributed by atoms with Gasteiger partial charge < -0.3 is 24.6 Å². The summed E-state index contributed by atoms with van der Waals surface area (Å²) in [6.45, 7) is 5.39. The van der Waals surface area contributed by atoms with Crippen LogP contribution in [0.2, 0.25) is 0 Å². The predicted octanol–water partition coefficient (Wildman–Crippen LogP) is 3.31. The molecule has 2 rings (SSSR count). The van der Waals surface area contributed by atoms with Gasteiger partial charge in [-0.2, -0.15) is 0 Å². The van der Waals surface area contributed by atoms with Crippen LogP contribution in [-0.4, -0.2) is 54.8 Å². The zero-order valence-electron chi connectivity index (χ0n) is 16.2. The summed E-state index contributed by atoms with van der Waals surface area (Å²) in [7, 11) is 0. The Kier molecular flexibility index (Phi) is 8.81. The zero-order chi connectivity index (χ0) is 20.2. The first-order chi connectivity index (χ1) is 13.7. The highest BCUT2D eigenvalue weighted by atomic mass is 16.5. The van der Waals surface area contributed by atoms with Crippen LogP contribution in [0.25, 0.3) is 0 Å². The molecule has 7 heteroatoms. The van der Waals surface area contributed by atoms with Crippen LogP contribution in [0, 0.1) is 5.21 Å². The maximum atomic E-state index is 11.5. The molecule has 2 aromatic carbocycles. The minimum atomic E-state index is 0.363. The van der Waals surface area contributed by atoms with Crippen LogP contribution in [0.3, 0.4) is 0 Å². The van der Waals surface area contributed by atoms with Gasteiger partial charge in [0.15, 0.2) is 12.8 Å². The number of benzene rings is 2. The number of hydroxylamine groups is 1. The van der Waals surface area contributed by atoms with E-state index in [2.05, 4.69) is 5.16 Å². The fraction of sp³-hybridized carbons (Fsp3) is 0.333. The standard InChI is InChI=1S/C21H26N2O5/c1-3-23(25)16-18-8-4-6-10-20(18)27-14-12-26-13-15-28-21-11-7-5-9-19(21)17(2)22-24/h4-11,16,24H,3,12-15H2,1-2H3/b22-17-,23-16?. The van der Waals surface area contributed by atoms with Crippen molar-refractivity contribution >= 4 is 11.9 Å². The molecule has 0 aliphatic heterocycles. The summed E-state index contributed by atoms with van der Waals surface area (Å²) in [6.07, 6.45) is 1.51. The van der Waals surface area contributed by atoms with Gasteiger partial charge >= 0.3 is 0 Å². The van der Waals surface area contributed by atoms with Gasteiger partial charge in [-0.15, -0.1) is 0 Å². The van der Waals surface area contributed by atoms with Crippen LogP contribution in [-0.2, 0) is 4.74 Å². The van der Waals surface area contributed by atoms with E-state index in [4.69, 9.17) is 19.4 Å². The minimum Gasteiger partial charge on any atom is -0.624 e. The number of rotatable bonds is 11. The van der Waals surface area contributed by atoms with Crippen LogP contribution in [0.4, 0.5) is 0 Å². The van der Waals surface area contributed by atoms with Crippen LogP contribution < -0.4 is 9.47 Å².